The molecule has 0 aromatic rings. The van der Waals surface area contributed by atoms with Crippen molar-refractivity contribution in [1.82, 2.24) is 9.80 Å². The molecule has 4 nitrogen and oxygen atoms in total. The first-order valence-electron chi connectivity index (χ1n) is 9.59. The second kappa shape index (κ2) is 6.00. The van der Waals surface area contributed by atoms with Crippen LogP contribution in [0.3, 0.4) is 0 Å². The highest BCUT2D eigenvalue weighted by molar-refractivity contribution is 9.10. The molecule has 1 saturated heterocycles. The van der Waals surface area contributed by atoms with Crippen LogP contribution < -0.4 is 0 Å². The van der Waals surface area contributed by atoms with Gasteiger partial charge in [-0.05, 0) is 62.2 Å². The molecule has 24 heavy (non-hydrogen) atoms. The van der Waals surface area contributed by atoms with Gasteiger partial charge in [0.15, 0.2) is 0 Å². The van der Waals surface area contributed by atoms with Crippen molar-refractivity contribution >= 4 is 27.7 Å². The Morgan fingerprint density at radius 1 is 1.00 bits per heavy atom. The molecule has 5 fully saturated rings. The summed E-state index contributed by atoms with van der Waals surface area (Å²) in [5, 5.41) is 0. The summed E-state index contributed by atoms with van der Waals surface area (Å²) in [5.41, 5.74) is 0.247. The Morgan fingerprint density at radius 3 is 2.25 bits per heavy atom. The summed E-state index contributed by atoms with van der Waals surface area (Å²) in [6.07, 6.45) is 9.37. The van der Waals surface area contributed by atoms with Crippen molar-refractivity contribution in [2.24, 2.45) is 17.3 Å². The van der Waals surface area contributed by atoms with Crippen molar-refractivity contribution in [3.63, 3.8) is 0 Å². The minimum Gasteiger partial charge on any atom is -0.341 e. The van der Waals surface area contributed by atoms with Crippen molar-refractivity contribution in [2.45, 2.75) is 62.6 Å². The summed E-state index contributed by atoms with van der Waals surface area (Å²) >= 11 is 4.05. The molecule has 1 aliphatic heterocycles. The number of nitrogens with zero attached hydrogens (tertiary/aromatic N) is 2. The third-order valence-electron chi connectivity index (χ3n) is 6.93. The largest absolute Gasteiger partial charge is 0.341 e. The van der Waals surface area contributed by atoms with Gasteiger partial charge < -0.3 is 9.80 Å². The molecule has 5 aliphatic rings. The van der Waals surface area contributed by atoms with Gasteiger partial charge in [-0.1, -0.05) is 15.9 Å². The highest BCUT2D eigenvalue weighted by Crippen LogP contribution is 2.65. The molecule has 134 valence electrons. The molecule has 1 heterocycles. The van der Waals surface area contributed by atoms with E-state index in [2.05, 4.69) is 15.9 Å². The van der Waals surface area contributed by atoms with E-state index >= 15 is 0 Å². The Kier molecular flexibility index (Phi) is 4.21. The highest BCUT2D eigenvalue weighted by atomic mass is 79.9. The second-order valence-corrected chi connectivity index (χ2v) is 10.7. The Bertz CT molecular complexity index is 535. The smallest absolute Gasteiger partial charge is 0.223 e. The number of halogens is 1. The number of hydrogen-bond donors (Lipinski definition) is 0. The summed E-state index contributed by atoms with van der Waals surface area (Å²) in [4.78, 5) is 28.5. The average Bonchev–Trinajstić information content (AvgIpc) is 2.69. The zero-order valence-electron chi connectivity index (χ0n) is 14.7. The van der Waals surface area contributed by atoms with Crippen LogP contribution in [0.1, 0.15) is 58.3 Å². The lowest BCUT2D eigenvalue weighted by Crippen LogP contribution is -2.54. The first-order chi connectivity index (χ1) is 11.4. The summed E-state index contributed by atoms with van der Waals surface area (Å²) in [5.74, 6) is 2.12. The molecule has 4 bridgehead atoms. The standard InChI is InChI=1S/C19H29BrN2O2/c1-14(23)21-3-2-4-22(6-5-21)17(24)12-18-8-15-7-16(9-18)11-19(20,10-15)13-18/h15-16H,2-13H2,1H3. The van der Waals surface area contributed by atoms with Gasteiger partial charge in [-0.25, -0.2) is 0 Å². The van der Waals surface area contributed by atoms with Gasteiger partial charge in [-0.3, -0.25) is 9.59 Å². The normalized spacial score (nSPS) is 41.4. The Hall–Kier alpha value is -0.580. The fourth-order valence-electron chi connectivity index (χ4n) is 6.46. The maximum Gasteiger partial charge on any atom is 0.223 e. The zero-order chi connectivity index (χ0) is 16.9. The topological polar surface area (TPSA) is 40.6 Å². The number of hydrogen-bond acceptors (Lipinski definition) is 2. The van der Waals surface area contributed by atoms with Gasteiger partial charge in [-0.2, -0.15) is 0 Å². The molecule has 2 amide bonds. The van der Waals surface area contributed by atoms with Gasteiger partial charge in [0.05, 0.1) is 0 Å². The average molecular weight is 397 g/mol. The Labute approximate surface area is 153 Å². The number of rotatable bonds is 2. The summed E-state index contributed by atoms with van der Waals surface area (Å²) < 4.78 is 0.321. The van der Waals surface area contributed by atoms with Crippen LogP contribution in [0.25, 0.3) is 0 Å². The van der Waals surface area contributed by atoms with Crippen molar-refractivity contribution < 1.29 is 9.59 Å². The van der Waals surface area contributed by atoms with Crippen LogP contribution >= 0.6 is 15.9 Å². The molecule has 4 saturated carbocycles. The maximum atomic E-state index is 13.0. The molecule has 5 rings (SSSR count). The first-order valence-corrected chi connectivity index (χ1v) is 10.4. The van der Waals surface area contributed by atoms with Gasteiger partial charge in [0.25, 0.3) is 0 Å². The van der Waals surface area contributed by atoms with E-state index in [1.807, 2.05) is 9.80 Å². The summed E-state index contributed by atoms with van der Waals surface area (Å²) in [6, 6.07) is 0. The van der Waals surface area contributed by atoms with Gasteiger partial charge in [-0.15, -0.1) is 0 Å². The van der Waals surface area contributed by atoms with Gasteiger partial charge in [0.2, 0.25) is 11.8 Å². The lowest BCUT2D eigenvalue weighted by molar-refractivity contribution is -0.138. The van der Waals surface area contributed by atoms with Gasteiger partial charge >= 0.3 is 0 Å². The molecule has 4 aliphatic carbocycles. The summed E-state index contributed by atoms with van der Waals surface area (Å²) in [7, 11) is 0. The van der Waals surface area contributed by atoms with E-state index < -0.39 is 0 Å². The lowest BCUT2D eigenvalue weighted by Gasteiger charge is -2.60. The first kappa shape index (κ1) is 16.9. The Morgan fingerprint density at radius 2 is 1.62 bits per heavy atom. The van der Waals surface area contributed by atoms with E-state index in [4.69, 9.17) is 0 Å². The Balaban J connectivity index is 1.42. The van der Waals surface area contributed by atoms with Crippen LogP contribution in [0.2, 0.25) is 0 Å². The minimum atomic E-state index is 0.131. The SMILES string of the molecule is CC(=O)N1CCCN(C(=O)CC23CC4CC(CC(Br)(C4)C2)C3)CC1. The lowest BCUT2D eigenvalue weighted by atomic mass is 9.48. The molecular weight excluding hydrogens is 368 g/mol. The fourth-order valence-corrected chi connectivity index (χ4v) is 7.97. The van der Waals surface area contributed by atoms with Crippen LogP contribution in [-0.2, 0) is 9.59 Å². The van der Waals surface area contributed by atoms with Crippen molar-refractivity contribution in [2.75, 3.05) is 26.2 Å². The van der Waals surface area contributed by atoms with Crippen LogP contribution in [0.5, 0.6) is 0 Å². The predicted octanol–water partition coefficient (Wildman–Crippen LogP) is 3.19. The van der Waals surface area contributed by atoms with Crippen LogP contribution in [-0.4, -0.2) is 52.1 Å². The number of carbonyl (C=O) groups is 2. The van der Waals surface area contributed by atoms with Crippen molar-refractivity contribution in [3.05, 3.63) is 0 Å². The number of carbonyl (C=O) groups excluding carboxylic acids is 2. The van der Waals surface area contributed by atoms with E-state index in [9.17, 15) is 9.59 Å². The predicted molar refractivity (Wildman–Crippen MR) is 96.8 cm³/mol. The quantitative estimate of drug-likeness (QED) is 0.672. The zero-order valence-corrected chi connectivity index (χ0v) is 16.3. The molecule has 0 aromatic heterocycles. The third kappa shape index (κ3) is 3.13. The molecule has 0 N–H and O–H groups in total. The van der Waals surface area contributed by atoms with E-state index in [1.165, 1.54) is 38.5 Å². The number of amides is 2. The van der Waals surface area contributed by atoms with Crippen LogP contribution in [0, 0.1) is 17.3 Å². The minimum absolute atomic E-state index is 0.131. The molecule has 2 unspecified atom stereocenters. The highest BCUT2D eigenvalue weighted by Gasteiger charge is 2.57. The molecule has 2 atom stereocenters. The van der Waals surface area contributed by atoms with Crippen molar-refractivity contribution in [1.29, 1.82) is 0 Å². The molecule has 5 heteroatoms. The maximum absolute atomic E-state index is 13.0. The van der Waals surface area contributed by atoms with Crippen LogP contribution in [0.15, 0.2) is 0 Å². The van der Waals surface area contributed by atoms with E-state index in [1.54, 1.807) is 6.92 Å². The van der Waals surface area contributed by atoms with Crippen LogP contribution in [0.4, 0.5) is 0 Å². The van der Waals surface area contributed by atoms with Gasteiger partial charge in [0.1, 0.15) is 0 Å². The molecule has 0 radical (unpaired) electrons. The van der Waals surface area contributed by atoms with E-state index in [0.29, 0.717) is 23.3 Å². The number of alkyl halides is 1. The fraction of sp³-hybridized carbons (Fsp3) is 0.895. The molecule has 0 aromatic carbocycles. The second-order valence-electron chi connectivity index (χ2n) is 9.03. The third-order valence-corrected chi connectivity index (χ3v) is 7.86. The van der Waals surface area contributed by atoms with E-state index in [-0.39, 0.29) is 11.3 Å². The monoisotopic (exact) mass is 396 g/mol. The van der Waals surface area contributed by atoms with Gasteiger partial charge in [0, 0.05) is 43.8 Å². The summed E-state index contributed by atoms with van der Waals surface area (Å²) in [6.45, 7) is 4.63. The van der Waals surface area contributed by atoms with E-state index in [0.717, 1.165) is 37.8 Å². The molecule has 0 spiro atoms. The van der Waals surface area contributed by atoms with Crippen molar-refractivity contribution in [3.8, 4) is 0 Å². The molecular formula is C19H29BrN2O2.